The lowest BCUT2D eigenvalue weighted by atomic mass is 10.2. The van der Waals surface area contributed by atoms with Gasteiger partial charge in [0.15, 0.2) is 0 Å². The van der Waals surface area contributed by atoms with Crippen molar-refractivity contribution in [2.75, 3.05) is 0 Å². The van der Waals surface area contributed by atoms with Gasteiger partial charge in [0.1, 0.15) is 0 Å². The van der Waals surface area contributed by atoms with Gasteiger partial charge >= 0.3 is 0 Å². The zero-order valence-corrected chi connectivity index (χ0v) is 10.5. The fraction of sp³-hybridized carbons (Fsp3) is 0. The van der Waals surface area contributed by atoms with Crippen LogP contribution in [0.1, 0.15) is 20.7 Å². The molecule has 0 unspecified atom stereocenters. The first-order valence-electron chi connectivity index (χ1n) is 5.68. The van der Waals surface area contributed by atoms with Gasteiger partial charge in [0.25, 0.3) is 11.8 Å². The van der Waals surface area contributed by atoms with Crippen LogP contribution in [0.15, 0.2) is 60.7 Å². The van der Waals surface area contributed by atoms with Gasteiger partial charge in [0.05, 0.1) is 0 Å². The van der Waals surface area contributed by atoms with Crippen LogP contribution in [-0.4, -0.2) is 22.2 Å². The fourth-order valence-corrected chi connectivity index (χ4v) is 1.31. The van der Waals surface area contributed by atoms with E-state index >= 15 is 0 Å². The van der Waals surface area contributed by atoms with Gasteiger partial charge in [-0.1, -0.05) is 36.4 Å². The number of benzene rings is 2. The number of carbonyl (C=O) groups is 2. The standard InChI is InChI=1S/2C7H7NO2/c2*9-7(8-10)6-4-2-1-3-5-6/h2*1-5,10H,(H,8,9). The van der Waals surface area contributed by atoms with Crippen LogP contribution in [0.4, 0.5) is 0 Å². The zero-order chi connectivity index (χ0) is 14.8. The topological polar surface area (TPSA) is 98.7 Å². The highest BCUT2D eigenvalue weighted by Gasteiger charge is 2.00. The Morgan fingerprint density at radius 2 is 0.950 bits per heavy atom. The van der Waals surface area contributed by atoms with Gasteiger partial charge in [0, 0.05) is 11.1 Å². The molecule has 0 aromatic heterocycles. The Morgan fingerprint density at radius 3 is 1.20 bits per heavy atom. The molecule has 2 aromatic rings. The molecule has 6 heteroatoms. The number of hydroxylamine groups is 2. The fourth-order valence-electron chi connectivity index (χ4n) is 1.31. The van der Waals surface area contributed by atoms with Crippen LogP contribution in [0.5, 0.6) is 0 Å². The van der Waals surface area contributed by atoms with Gasteiger partial charge in [0.2, 0.25) is 0 Å². The molecular weight excluding hydrogens is 260 g/mol. The molecule has 0 heterocycles. The van der Waals surface area contributed by atoms with Crippen molar-refractivity contribution >= 4 is 11.8 Å². The smallest absolute Gasteiger partial charge is 0.274 e. The van der Waals surface area contributed by atoms with Crippen LogP contribution in [0.3, 0.4) is 0 Å². The molecule has 0 spiro atoms. The maximum Gasteiger partial charge on any atom is 0.274 e. The molecule has 0 saturated heterocycles. The summed E-state index contributed by atoms with van der Waals surface area (Å²) in [6.07, 6.45) is 0. The molecule has 6 nitrogen and oxygen atoms in total. The minimum absolute atomic E-state index is 0.449. The Hall–Kier alpha value is -2.70. The molecule has 4 N–H and O–H groups in total. The summed E-state index contributed by atoms with van der Waals surface area (Å²) in [5.41, 5.74) is 3.98. The number of hydrogen-bond acceptors (Lipinski definition) is 4. The van der Waals surface area contributed by atoms with Crippen molar-refractivity contribution in [2.24, 2.45) is 0 Å². The molecular formula is C14H14N2O4. The summed E-state index contributed by atoms with van der Waals surface area (Å²) in [6, 6.07) is 17.0. The molecule has 0 aliphatic heterocycles. The molecule has 20 heavy (non-hydrogen) atoms. The maximum absolute atomic E-state index is 10.7. The van der Waals surface area contributed by atoms with E-state index in [4.69, 9.17) is 10.4 Å². The van der Waals surface area contributed by atoms with Gasteiger partial charge in [-0.2, -0.15) is 0 Å². The van der Waals surface area contributed by atoms with E-state index in [0.717, 1.165) is 0 Å². The Kier molecular flexibility index (Phi) is 6.46. The van der Waals surface area contributed by atoms with Gasteiger partial charge in [-0.3, -0.25) is 20.0 Å². The zero-order valence-electron chi connectivity index (χ0n) is 10.5. The van der Waals surface area contributed by atoms with Crippen molar-refractivity contribution in [2.45, 2.75) is 0 Å². The predicted octanol–water partition coefficient (Wildman–Crippen LogP) is 1.61. The predicted molar refractivity (Wildman–Crippen MR) is 71.4 cm³/mol. The van der Waals surface area contributed by atoms with Crippen molar-refractivity contribution in [3.8, 4) is 0 Å². The van der Waals surface area contributed by atoms with E-state index in [1.807, 2.05) is 0 Å². The third-order valence-corrected chi connectivity index (χ3v) is 2.28. The minimum Gasteiger partial charge on any atom is -0.288 e. The number of rotatable bonds is 2. The van der Waals surface area contributed by atoms with E-state index in [-0.39, 0.29) is 0 Å². The number of hydrogen-bond donors (Lipinski definition) is 4. The lowest BCUT2D eigenvalue weighted by Gasteiger charge is -1.94. The Bertz CT molecular complexity index is 492. The molecule has 2 rings (SSSR count). The van der Waals surface area contributed by atoms with Crippen molar-refractivity contribution < 1.29 is 20.0 Å². The first-order chi connectivity index (χ1) is 9.69. The first kappa shape index (κ1) is 15.4. The second-order valence-corrected chi connectivity index (χ2v) is 3.61. The van der Waals surface area contributed by atoms with Gasteiger partial charge in [-0.25, -0.2) is 11.0 Å². The molecule has 104 valence electrons. The maximum atomic E-state index is 10.7. The Morgan fingerprint density at radius 1 is 0.650 bits per heavy atom. The summed E-state index contributed by atoms with van der Waals surface area (Å²) in [6.45, 7) is 0. The molecule has 0 aliphatic rings. The quantitative estimate of drug-likeness (QED) is 0.494. The van der Waals surface area contributed by atoms with Crippen LogP contribution in [0, 0.1) is 0 Å². The average Bonchev–Trinajstić information content (AvgIpc) is 2.55. The Balaban J connectivity index is 0.000000200. The summed E-state index contributed by atoms with van der Waals surface area (Å²) in [5.74, 6) is -0.971. The van der Waals surface area contributed by atoms with E-state index in [1.165, 1.54) is 0 Å². The summed E-state index contributed by atoms with van der Waals surface area (Å²) in [5, 5.41) is 16.4. The van der Waals surface area contributed by atoms with E-state index < -0.39 is 11.8 Å². The molecule has 0 fully saturated rings. The molecule has 2 aromatic carbocycles. The second-order valence-electron chi connectivity index (χ2n) is 3.61. The van der Waals surface area contributed by atoms with E-state index in [2.05, 4.69) is 0 Å². The van der Waals surface area contributed by atoms with Gasteiger partial charge in [-0.05, 0) is 24.3 Å². The van der Waals surface area contributed by atoms with E-state index in [0.29, 0.717) is 11.1 Å². The molecule has 0 radical (unpaired) electrons. The average molecular weight is 274 g/mol. The summed E-state index contributed by atoms with van der Waals surface area (Å²) in [4.78, 5) is 21.3. The highest BCUT2D eigenvalue weighted by Crippen LogP contribution is 1.96. The number of carbonyl (C=O) groups excluding carboxylic acids is 2. The second kappa shape index (κ2) is 8.41. The minimum atomic E-state index is -0.486. The van der Waals surface area contributed by atoms with Gasteiger partial charge < -0.3 is 0 Å². The first-order valence-corrected chi connectivity index (χ1v) is 5.68. The molecule has 0 saturated carbocycles. The van der Waals surface area contributed by atoms with E-state index in [9.17, 15) is 9.59 Å². The molecule has 0 aliphatic carbocycles. The van der Waals surface area contributed by atoms with Crippen molar-refractivity contribution in [1.29, 1.82) is 0 Å². The van der Waals surface area contributed by atoms with Crippen molar-refractivity contribution in [3.63, 3.8) is 0 Å². The summed E-state index contributed by atoms with van der Waals surface area (Å²) in [7, 11) is 0. The largest absolute Gasteiger partial charge is 0.288 e. The highest BCUT2D eigenvalue weighted by atomic mass is 16.5. The van der Waals surface area contributed by atoms with Crippen molar-refractivity contribution in [1.82, 2.24) is 11.0 Å². The summed E-state index contributed by atoms with van der Waals surface area (Å²) < 4.78 is 0. The van der Waals surface area contributed by atoms with Crippen LogP contribution in [-0.2, 0) is 0 Å². The highest BCUT2D eigenvalue weighted by molar-refractivity contribution is 5.93. The van der Waals surface area contributed by atoms with Crippen LogP contribution in [0.25, 0.3) is 0 Å². The monoisotopic (exact) mass is 274 g/mol. The van der Waals surface area contributed by atoms with Gasteiger partial charge in [-0.15, -0.1) is 0 Å². The number of nitrogens with one attached hydrogen (secondary N) is 2. The third-order valence-electron chi connectivity index (χ3n) is 2.28. The van der Waals surface area contributed by atoms with Crippen molar-refractivity contribution in [3.05, 3.63) is 71.8 Å². The van der Waals surface area contributed by atoms with E-state index in [1.54, 1.807) is 71.6 Å². The Labute approximate surface area is 115 Å². The lowest BCUT2D eigenvalue weighted by Crippen LogP contribution is -2.18. The number of amides is 2. The SMILES string of the molecule is O=C(NO)c1ccccc1.O=C(NO)c1ccccc1. The molecule has 0 bridgehead atoms. The van der Waals surface area contributed by atoms with Crippen LogP contribution < -0.4 is 11.0 Å². The summed E-state index contributed by atoms with van der Waals surface area (Å²) >= 11 is 0. The van der Waals surface area contributed by atoms with Crippen LogP contribution in [0.2, 0.25) is 0 Å². The van der Waals surface area contributed by atoms with Crippen LogP contribution >= 0.6 is 0 Å². The lowest BCUT2D eigenvalue weighted by molar-refractivity contribution is 0.0702. The normalized spacial score (nSPS) is 8.90. The molecule has 2 amide bonds. The third kappa shape index (κ3) is 4.89. The molecule has 0 atom stereocenters.